The van der Waals surface area contributed by atoms with E-state index in [1.54, 1.807) is 6.07 Å². The van der Waals surface area contributed by atoms with Gasteiger partial charge in [0.05, 0.1) is 4.47 Å². The Bertz CT molecular complexity index is 226. The molecule has 2 N–H and O–H groups in total. The van der Waals surface area contributed by atoms with E-state index < -0.39 is 6.17 Å². The van der Waals surface area contributed by atoms with E-state index >= 15 is 0 Å². The molecule has 2 nitrogen and oxygen atoms in total. The second kappa shape index (κ2) is 3.88. The average molecular weight is 222 g/mol. The van der Waals surface area contributed by atoms with Crippen LogP contribution in [0.1, 0.15) is 18.4 Å². The predicted molar refractivity (Wildman–Crippen MR) is 43.9 cm³/mol. The molecule has 0 bridgehead atoms. The summed E-state index contributed by atoms with van der Waals surface area (Å²) < 4.78 is 18.6. The summed E-state index contributed by atoms with van der Waals surface area (Å²) in [6, 6.07) is 1.61. The van der Waals surface area contributed by atoms with Crippen LogP contribution in [0.2, 0.25) is 0 Å². The number of halogens is 2. The van der Waals surface area contributed by atoms with E-state index in [9.17, 15) is 4.39 Å². The molecule has 0 aliphatic carbocycles. The molecule has 1 rings (SSSR count). The van der Waals surface area contributed by atoms with Gasteiger partial charge in [0.1, 0.15) is 12.0 Å². The van der Waals surface area contributed by atoms with Crippen LogP contribution in [0.25, 0.3) is 0 Å². The van der Waals surface area contributed by atoms with Gasteiger partial charge in [-0.1, -0.05) is 0 Å². The van der Waals surface area contributed by atoms with E-state index in [0.29, 0.717) is 18.7 Å². The lowest BCUT2D eigenvalue weighted by molar-refractivity contribution is 0.274. The summed E-state index contributed by atoms with van der Waals surface area (Å²) in [5.41, 5.74) is 5.18. The first-order valence-electron chi connectivity index (χ1n) is 3.32. The number of nitrogens with two attached hydrogens (primary N) is 1. The van der Waals surface area contributed by atoms with Crippen molar-refractivity contribution in [3.8, 4) is 0 Å². The molecule has 0 saturated carbocycles. The van der Waals surface area contributed by atoms with E-state index in [0.717, 1.165) is 4.47 Å². The third-order valence-electron chi connectivity index (χ3n) is 1.32. The number of rotatable bonds is 3. The summed E-state index contributed by atoms with van der Waals surface area (Å²) in [7, 11) is 0. The Labute approximate surface area is 72.7 Å². The molecule has 0 spiro atoms. The number of hydrogen-bond acceptors (Lipinski definition) is 2. The highest BCUT2D eigenvalue weighted by Crippen LogP contribution is 2.24. The molecule has 1 atom stereocenters. The van der Waals surface area contributed by atoms with Crippen LogP contribution in [0.15, 0.2) is 21.2 Å². The minimum absolute atomic E-state index is 0.306. The molecule has 4 heteroatoms. The SMILES string of the molecule is NCCC(F)c1cc(Br)co1. The van der Waals surface area contributed by atoms with Gasteiger partial charge in [0.2, 0.25) is 0 Å². The monoisotopic (exact) mass is 221 g/mol. The first-order chi connectivity index (χ1) is 5.24. The van der Waals surface area contributed by atoms with Crippen LogP contribution >= 0.6 is 15.9 Å². The van der Waals surface area contributed by atoms with Gasteiger partial charge < -0.3 is 10.2 Å². The number of alkyl halides is 1. The van der Waals surface area contributed by atoms with Gasteiger partial charge in [-0.05, 0) is 35.0 Å². The maximum absolute atomic E-state index is 13.0. The van der Waals surface area contributed by atoms with Crippen molar-refractivity contribution in [3.63, 3.8) is 0 Å². The smallest absolute Gasteiger partial charge is 0.159 e. The fourth-order valence-corrected chi connectivity index (χ4v) is 1.10. The molecule has 11 heavy (non-hydrogen) atoms. The van der Waals surface area contributed by atoms with Gasteiger partial charge in [-0.15, -0.1) is 0 Å². The maximum Gasteiger partial charge on any atom is 0.159 e. The van der Waals surface area contributed by atoms with Crippen molar-refractivity contribution < 1.29 is 8.81 Å². The van der Waals surface area contributed by atoms with Gasteiger partial charge in [-0.25, -0.2) is 4.39 Å². The Balaban J connectivity index is 2.60. The first-order valence-corrected chi connectivity index (χ1v) is 4.11. The zero-order valence-corrected chi connectivity index (χ0v) is 7.47. The van der Waals surface area contributed by atoms with Crippen LogP contribution in [0.4, 0.5) is 4.39 Å². The third-order valence-corrected chi connectivity index (χ3v) is 1.73. The van der Waals surface area contributed by atoms with Crippen molar-refractivity contribution in [2.45, 2.75) is 12.6 Å². The van der Waals surface area contributed by atoms with Crippen LogP contribution in [0.3, 0.4) is 0 Å². The molecule has 0 aliphatic rings. The van der Waals surface area contributed by atoms with E-state index in [2.05, 4.69) is 15.9 Å². The molecule has 1 aromatic rings. The van der Waals surface area contributed by atoms with Gasteiger partial charge in [-0.3, -0.25) is 0 Å². The molecule has 0 fully saturated rings. The zero-order chi connectivity index (χ0) is 8.27. The summed E-state index contributed by atoms with van der Waals surface area (Å²) in [5, 5.41) is 0. The largest absolute Gasteiger partial charge is 0.465 e. The Hall–Kier alpha value is -0.350. The van der Waals surface area contributed by atoms with Gasteiger partial charge in [0, 0.05) is 0 Å². The average Bonchev–Trinajstić information content (AvgIpc) is 2.36. The molecule has 0 aliphatic heterocycles. The highest BCUT2D eigenvalue weighted by Gasteiger charge is 2.12. The van der Waals surface area contributed by atoms with Crippen LogP contribution in [-0.4, -0.2) is 6.54 Å². The van der Waals surface area contributed by atoms with Crippen molar-refractivity contribution in [2.24, 2.45) is 5.73 Å². The van der Waals surface area contributed by atoms with Crippen molar-refractivity contribution in [2.75, 3.05) is 6.54 Å². The summed E-state index contributed by atoms with van der Waals surface area (Å²) >= 11 is 3.16. The normalized spacial score (nSPS) is 13.4. The Kier molecular flexibility index (Phi) is 3.08. The highest BCUT2D eigenvalue weighted by atomic mass is 79.9. The second-order valence-corrected chi connectivity index (χ2v) is 3.13. The molecular formula is C7H9BrFNO. The topological polar surface area (TPSA) is 39.2 Å². The first kappa shape index (κ1) is 8.74. The van der Waals surface area contributed by atoms with Crippen molar-refractivity contribution in [1.82, 2.24) is 0 Å². The number of furan rings is 1. The standard InChI is InChI=1S/C7H9BrFNO/c8-5-3-7(11-4-5)6(9)1-2-10/h3-4,6H,1-2,10H2. The molecule has 1 aromatic heterocycles. The molecule has 1 unspecified atom stereocenters. The Morgan fingerprint density at radius 2 is 2.45 bits per heavy atom. The van der Waals surface area contributed by atoms with E-state index in [1.807, 2.05) is 0 Å². The minimum Gasteiger partial charge on any atom is -0.465 e. The molecule has 0 aromatic carbocycles. The molecule has 0 amide bonds. The summed E-state index contributed by atoms with van der Waals surface area (Å²) in [4.78, 5) is 0. The van der Waals surface area contributed by atoms with E-state index in [-0.39, 0.29) is 0 Å². The van der Waals surface area contributed by atoms with Crippen LogP contribution in [0, 0.1) is 0 Å². The highest BCUT2D eigenvalue weighted by molar-refractivity contribution is 9.10. The van der Waals surface area contributed by atoms with Crippen molar-refractivity contribution in [1.29, 1.82) is 0 Å². The summed E-state index contributed by atoms with van der Waals surface area (Å²) in [6.07, 6.45) is 0.685. The zero-order valence-electron chi connectivity index (χ0n) is 5.89. The summed E-state index contributed by atoms with van der Waals surface area (Å²) in [6.45, 7) is 0.333. The minimum atomic E-state index is -1.08. The number of hydrogen-bond donors (Lipinski definition) is 1. The second-order valence-electron chi connectivity index (χ2n) is 2.21. The third kappa shape index (κ3) is 2.31. The quantitative estimate of drug-likeness (QED) is 0.852. The molecule has 0 saturated heterocycles. The van der Waals surface area contributed by atoms with Gasteiger partial charge in [-0.2, -0.15) is 0 Å². The predicted octanol–water partition coefficient (Wildman–Crippen LogP) is 2.40. The van der Waals surface area contributed by atoms with Gasteiger partial charge in [0.15, 0.2) is 6.17 Å². The molecular weight excluding hydrogens is 213 g/mol. The molecule has 0 radical (unpaired) electrons. The van der Waals surface area contributed by atoms with E-state index in [1.165, 1.54) is 6.26 Å². The van der Waals surface area contributed by atoms with Crippen LogP contribution in [0.5, 0.6) is 0 Å². The van der Waals surface area contributed by atoms with Crippen molar-refractivity contribution >= 4 is 15.9 Å². The summed E-state index contributed by atoms with van der Waals surface area (Å²) in [5.74, 6) is 0.335. The maximum atomic E-state index is 13.0. The van der Waals surface area contributed by atoms with E-state index in [4.69, 9.17) is 10.2 Å². The molecule has 62 valence electrons. The van der Waals surface area contributed by atoms with Crippen molar-refractivity contribution in [3.05, 3.63) is 22.6 Å². The lowest BCUT2D eigenvalue weighted by Gasteiger charge is -2.00. The fraction of sp³-hybridized carbons (Fsp3) is 0.429. The van der Waals surface area contributed by atoms with Gasteiger partial charge in [0.25, 0.3) is 0 Å². The van der Waals surface area contributed by atoms with Gasteiger partial charge >= 0.3 is 0 Å². The van der Waals surface area contributed by atoms with Crippen LogP contribution < -0.4 is 5.73 Å². The Morgan fingerprint density at radius 3 is 2.91 bits per heavy atom. The lowest BCUT2D eigenvalue weighted by Crippen LogP contribution is -2.02. The fourth-order valence-electron chi connectivity index (χ4n) is 0.781. The van der Waals surface area contributed by atoms with Crippen LogP contribution in [-0.2, 0) is 0 Å². The molecule has 1 heterocycles. The lowest BCUT2D eigenvalue weighted by atomic mass is 10.2. The Morgan fingerprint density at radius 1 is 1.73 bits per heavy atom.